The molecule has 1 aliphatic rings. The zero-order valence-corrected chi connectivity index (χ0v) is 12.5. The normalized spacial score (nSPS) is 23.5. The number of hydrogen-bond acceptors (Lipinski definition) is 2. The average Bonchev–Trinajstić information content (AvgIpc) is 2.32. The van der Waals surface area contributed by atoms with Gasteiger partial charge in [-0.25, -0.2) is 0 Å². The fourth-order valence-electron chi connectivity index (χ4n) is 2.35. The molecule has 0 spiro atoms. The molecule has 0 N–H and O–H groups in total. The zero-order chi connectivity index (χ0) is 14.0. The Morgan fingerprint density at radius 3 is 2.32 bits per heavy atom. The van der Waals surface area contributed by atoms with Crippen LogP contribution >= 0.6 is 23.2 Å². The fraction of sp³-hybridized carbons (Fsp3) is 0.500. The van der Waals surface area contributed by atoms with Crippen LogP contribution in [-0.4, -0.2) is 36.1 Å². The minimum Gasteiger partial charge on any atom is -0.372 e. The molecule has 1 aliphatic heterocycles. The second-order valence-corrected chi connectivity index (χ2v) is 5.75. The van der Waals surface area contributed by atoms with Crippen molar-refractivity contribution in [1.82, 2.24) is 4.90 Å². The van der Waals surface area contributed by atoms with E-state index in [-0.39, 0.29) is 24.5 Å². The SMILES string of the molecule is C[C@@H]1CN(C(=O)Cc2c(Cl)cccc2Cl)C[C@@H](C)O1. The van der Waals surface area contributed by atoms with E-state index in [1.54, 1.807) is 18.2 Å². The van der Waals surface area contributed by atoms with Gasteiger partial charge in [-0.1, -0.05) is 29.3 Å². The summed E-state index contributed by atoms with van der Waals surface area (Å²) < 4.78 is 5.62. The van der Waals surface area contributed by atoms with Gasteiger partial charge in [0.25, 0.3) is 0 Å². The highest BCUT2D eigenvalue weighted by Crippen LogP contribution is 2.25. The lowest BCUT2D eigenvalue weighted by Crippen LogP contribution is -2.48. The van der Waals surface area contributed by atoms with E-state index >= 15 is 0 Å². The van der Waals surface area contributed by atoms with Crippen molar-refractivity contribution < 1.29 is 9.53 Å². The molecule has 2 atom stereocenters. The molecule has 1 saturated heterocycles. The van der Waals surface area contributed by atoms with E-state index in [1.807, 2.05) is 18.7 Å². The van der Waals surface area contributed by atoms with Crippen LogP contribution in [0.5, 0.6) is 0 Å². The van der Waals surface area contributed by atoms with Crippen molar-refractivity contribution in [3.8, 4) is 0 Å². The highest BCUT2D eigenvalue weighted by atomic mass is 35.5. The maximum Gasteiger partial charge on any atom is 0.227 e. The van der Waals surface area contributed by atoms with E-state index in [9.17, 15) is 4.79 Å². The molecule has 1 heterocycles. The predicted octanol–water partition coefficient (Wildman–Crippen LogP) is 3.17. The maximum atomic E-state index is 12.3. The largest absolute Gasteiger partial charge is 0.372 e. The summed E-state index contributed by atoms with van der Waals surface area (Å²) in [5.41, 5.74) is 0.697. The predicted molar refractivity (Wildman–Crippen MR) is 76.8 cm³/mol. The molecule has 0 aliphatic carbocycles. The molecule has 1 fully saturated rings. The topological polar surface area (TPSA) is 29.5 Å². The van der Waals surface area contributed by atoms with Crippen molar-refractivity contribution in [1.29, 1.82) is 0 Å². The third kappa shape index (κ3) is 3.62. The Morgan fingerprint density at radius 1 is 1.26 bits per heavy atom. The van der Waals surface area contributed by atoms with Gasteiger partial charge in [0.1, 0.15) is 0 Å². The second-order valence-electron chi connectivity index (χ2n) is 4.93. The molecule has 0 bridgehead atoms. The van der Waals surface area contributed by atoms with Gasteiger partial charge in [0.05, 0.1) is 18.6 Å². The summed E-state index contributed by atoms with van der Waals surface area (Å²) in [5.74, 6) is 0.0389. The van der Waals surface area contributed by atoms with E-state index in [0.29, 0.717) is 28.7 Å². The standard InChI is InChI=1S/C14H17Cl2NO2/c1-9-7-17(8-10(2)19-9)14(18)6-11-12(15)4-3-5-13(11)16/h3-5,9-10H,6-8H2,1-2H3/t9-,10-/m1/s1. The number of morpholine rings is 1. The Kier molecular flexibility index (Phi) is 4.71. The zero-order valence-electron chi connectivity index (χ0n) is 11.0. The monoisotopic (exact) mass is 301 g/mol. The molecule has 0 unspecified atom stereocenters. The van der Waals surface area contributed by atoms with Gasteiger partial charge in [-0.2, -0.15) is 0 Å². The highest BCUT2D eigenvalue weighted by Gasteiger charge is 2.26. The summed E-state index contributed by atoms with van der Waals surface area (Å²) in [5, 5.41) is 1.07. The highest BCUT2D eigenvalue weighted by molar-refractivity contribution is 6.36. The quantitative estimate of drug-likeness (QED) is 0.840. The average molecular weight is 302 g/mol. The van der Waals surface area contributed by atoms with Crippen LogP contribution in [0.4, 0.5) is 0 Å². The van der Waals surface area contributed by atoms with Crippen LogP contribution in [0.1, 0.15) is 19.4 Å². The number of ether oxygens (including phenoxy) is 1. The Balaban J connectivity index is 2.08. The molecule has 3 nitrogen and oxygen atoms in total. The molecule has 0 aromatic heterocycles. The number of benzene rings is 1. The molecule has 0 saturated carbocycles. The van der Waals surface area contributed by atoms with Gasteiger partial charge in [-0.05, 0) is 31.5 Å². The summed E-state index contributed by atoms with van der Waals surface area (Å²) in [6, 6.07) is 5.28. The third-order valence-corrected chi connectivity index (χ3v) is 3.87. The molecule has 104 valence electrons. The van der Waals surface area contributed by atoms with Gasteiger partial charge in [0, 0.05) is 23.1 Å². The number of rotatable bonds is 2. The van der Waals surface area contributed by atoms with Crippen LogP contribution in [0.25, 0.3) is 0 Å². The molecular formula is C14H17Cl2NO2. The van der Waals surface area contributed by atoms with Crippen LogP contribution in [-0.2, 0) is 16.0 Å². The fourth-order valence-corrected chi connectivity index (χ4v) is 2.88. The van der Waals surface area contributed by atoms with Crippen LogP contribution < -0.4 is 0 Å². The van der Waals surface area contributed by atoms with Crippen LogP contribution in [0.15, 0.2) is 18.2 Å². The number of carbonyl (C=O) groups is 1. The Hall–Kier alpha value is -0.770. The summed E-state index contributed by atoms with van der Waals surface area (Å²) in [7, 11) is 0. The third-order valence-electron chi connectivity index (χ3n) is 3.16. The van der Waals surface area contributed by atoms with Crippen LogP contribution in [0.3, 0.4) is 0 Å². The maximum absolute atomic E-state index is 12.3. The second kappa shape index (κ2) is 6.12. The van der Waals surface area contributed by atoms with E-state index in [4.69, 9.17) is 27.9 Å². The molecule has 1 amide bonds. The first-order valence-electron chi connectivity index (χ1n) is 6.33. The Labute approximate surface area is 123 Å². The molecule has 1 aromatic carbocycles. The Bertz CT molecular complexity index is 448. The lowest BCUT2D eigenvalue weighted by molar-refractivity contribution is -0.142. The first-order chi connectivity index (χ1) is 8.97. The van der Waals surface area contributed by atoms with E-state index in [2.05, 4.69) is 0 Å². The molecule has 5 heteroatoms. The van der Waals surface area contributed by atoms with Crippen molar-refractivity contribution in [2.45, 2.75) is 32.5 Å². The summed E-state index contributed by atoms with van der Waals surface area (Å²) >= 11 is 12.2. The first-order valence-corrected chi connectivity index (χ1v) is 7.09. The van der Waals surface area contributed by atoms with Crippen molar-refractivity contribution in [2.75, 3.05) is 13.1 Å². The first kappa shape index (κ1) is 14.6. The van der Waals surface area contributed by atoms with Gasteiger partial charge in [-0.3, -0.25) is 4.79 Å². The van der Waals surface area contributed by atoms with Gasteiger partial charge >= 0.3 is 0 Å². The van der Waals surface area contributed by atoms with Crippen LogP contribution in [0.2, 0.25) is 10.0 Å². The van der Waals surface area contributed by atoms with Crippen molar-refractivity contribution in [2.24, 2.45) is 0 Å². The summed E-state index contributed by atoms with van der Waals surface area (Å²) in [6.45, 7) is 5.17. The van der Waals surface area contributed by atoms with E-state index in [0.717, 1.165) is 0 Å². The van der Waals surface area contributed by atoms with Crippen molar-refractivity contribution in [3.63, 3.8) is 0 Å². The van der Waals surface area contributed by atoms with Crippen LogP contribution in [0, 0.1) is 0 Å². The van der Waals surface area contributed by atoms with E-state index < -0.39 is 0 Å². The Morgan fingerprint density at radius 2 is 1.79 bits per heavy atom. The van der Waals surface area contributed by atoms with Gasteiger partial charge in [0.15, 0.2) is 0 Å². The number of nitrogens with zero attached hydrogens (tertiary/aromatic N) is 1. The number of amides is 1. The number of halogens is 2. The minimum absolute atomic E-state index is 0.0389. The van der Waals surface area contributed by atoms with Gasteiger partial charge in [0.2, 0.25) is 5.91 Å². The molecule has 1 aromatic rings. The lowest BCUT2D eigenvalue weighted by atomic mass is 10.1. The van der Waals surface area contributed by atoms with Gasteiger partial charge < -0.3 is 9.64 Å². The smallest absolute Gasteiger partial charge is 0.227 e. The molecule has 0 radical (unpaired) electrons. The molecule has 2 rings (SSSR count). The summed E-state index contributed by atoms with van der Waals surface area (Å²) in [6.07, 6.45) is 0.363. The molecule has 19 heavy (non-hydrogen) atoms. The lowest BCUT2D eigenvalue weighted by Gasteiger charge is -2.35. The summed E-state index contributed by atoms with van der Waals surface area (Å²) in [4.78, 5) is 14.1. The van der Waals surface area contributed by atoms with E-state index in [1.165, 1.54) is 0 Å². The minimum atomic E-state index is 0.0389. The van der Waals surface area contributed by atoms with Crippen molar-refractivity contribution in [3.05, 3.63) is 33.8 Å². The number of carbonyl (C=O) groups excluding carboxylic acids is 1. The van der Waals surface area contributed by atoms with Crippen molar-refractivity contribution >= 4 is 29.1 Å². The molecular weight excluding hydrogens is 285 g/mol. The van der Waals surface area contributed by atoms with Gasteiger partial charge in [-0.15, -0.1) is 0 Å². The number of hydrogen-bond donors (Lipinski definition) is 0.